The van der Waals surface area contributed by atoms with E-state index in [1.807, 2.05) is 51.6 Å². The molecule has 0 radical (unpaired) electrons. The molecule has 0 spiro atoms. The minimum Gasteiger partial charge on any atom is -0.371 e. The van der Waals surface area contributed by atoms with Gasteiger partial charge in [0, 0.05) is 39.1 Å². The van der Waals surface area contributed by atoms with Crippen LogP contribution < -0.4 is 5.32 Å². The highest BCUT2D eigenvalue weighted by Crippen LogP contribution is 2.26. The number of rotatable bonds is 2. The predicted octanol–water partition coefficient (Wildman–Crippen LogP) is 2.08. The van der Waals surface area contributed by atoms with Crippen LogP contribution in [0.1, 0.15) is 11.6 Å². The average Bonchev–Trinajstić information content (AvgIpc) is 2.52. The number of hydrogen-bond donors (Lipinski definition) is 1. The highest BCUT2D eigenvalue weighted by molar-refractivity contribution is 9.11. The second kappa shape index (κ2) is 6.94. The number of likely N-dealkylation sites (N-methyl/N-ethyl adjacent to an activating group) is 3. The van der Waals surface area contributed by atoms with Gasteiger partial charge in [0.15, 0.2) is 0 Å². The summed E-state index contributed by atoms with van der Waals surface area (Å²) in [6.45, 7) is 2.39. The van der Waals surface area contributed by atoms with E-state index in [9.17, 15) is 4.79 Å². The van der Waals surface area contributed by atoms with Crippen LogP contribution >= 0.6 is 15.9 Å². The van der Waals surface area contributed by atoms with E-state index in [1.165, 1.54) is 0 Å². The average molecular weight is 392 g/mol. The van der Waals surface area contributed by atoms with E-state index in [-0.39, 0.29) is 11.9 Å². The molecular formula is C17H22BrN5O. The Hall–Kier alpha value is -1.86. The van der Waals surface area contributed by atoms with Crippen molar-refractivity contribution < 1.29 is 4.79 Å². The summed E-state index contributed by atoms with van der Waals surface area (Å²) in [5.41, 5.74) is 1.98. The summed E-state index contributed by atoms with van der Waals surface area (Å²) in [5, 5.41) is 3.33. The van der Waals surface area contributed by atoms with Gasteiger partial charge in [0.05, 0.1) is 6.54 Å². The Balaban J connectivity index is 1.74. The standard InChI is InChI=1S/C17H22BrN5O/c1-21-10-14(18)20-15(11-21)19-13-6-4-12(5-7-13)16-17(24)23(3)9-8-22(16)2/h4-7,10,16H,8-9,11H2,1-3H3,(H,19,20). The lowest BCUT2D eigenvalue weighted by Crippen LogP contribution is -2.48. The Morgan fingerprint density at radius 1 is 1.17 bits per heavy atom. The quantitative estimate of drug-likeness (QED) is 0.784. The summed E-state index contributed by atoms with van der Waals surface area (Å²) >= 11 is 3.41. The molecule has 2 aliphatic rings. The zero-order valence-electron chi connectivity index (χ0n) is 14.2. The number of anilines is 1. The van der Waals surface area contributed by atoms with Crippen molar-refractivity contribution >= 4 is 33.4 Å². The van der Waals surface area contributed by atoms with Crippen LogP contribution in [0.3, 0.4) is 0 Å². The van der Waals surface area contributed by atoms with E-state index < -0.39 is 0 Å². The molecule has 6 nitrogen and oxygen atoms in total. The van der Waals surface area contributed by atoms with Crippen LogP contribution in [0.25, 0.3) is 0 Å². The van der Waals surface area contributed by atoms with Crippen molar-refractivity contribution in [1.82, 2.24) is 14.7 Å². The van der Waals surface area contributed by atoms with Gasteiger partial charge in [0.2, 0.25) is 5.91 Å². The molecule has 1 aromatic carbocycles. The molecule has 0 aromatic heterocycles. The van der Waals surface area contributed by atoms with Gasteiger partial charge in [-0.05, 0) is 40.7 Å². The van der Waals surface area contributed by atoms with Crippen molar-refractivity contribution in [2.24, 2.45) is 4.99 Å². The number of nitrogens with one attached hydrogen (secondary N) is 1. The molecule has 0 bridgehead atoms. The molecular weight excluding hydrogens is 370 g/mol. The van der Waals surface area contributed by atoms with Gasteiger partial charge in [-0.25, -0.2) is 4.99 Å². The second-order valence-corrected chi connectivity index (χ2v) is 7.13. The summed E-state index contributed by atoms with van der Waals surface area (Å²) in [5.74, 6) is 1.03. The second-order valence-electron chi connectivity index (χ2n) is 6.32. The number of amides is 1. The lowest BCUT2D eigenvalue weighted by atomic mass is 10.0. The molecule has 7 heteroatoms. The molecule has 1 fully saturated rings. The fourth-order valence-corrected chi connectivity index (χ4v) is 3.54. The normalized spacial score (nSPS) is 22.3. The molecule has 24 heavy (non-hydrogen) atoms. The maximum absolute atomic E-state index is 12.4. The third kappa shape index (κ3) is 3.62. The molecule has 1 aromatic rings. The third-order valence-corrected chi connectivity index (χ3v) is 4.70. The van der Waals surface area contributed by atoms with Crippen molar-refractivity contribution in [3.8, 4) is 0 Å². The fourth-order valence-electron chi connectivity index (χ4n) is 2.98. The minimum absolute atomic E-state index is 0.150. The lowest BCUT2D eigenvalue weighted by molar-refractivity contribution is -0.139. The Morgan fingerprint density at radius 3 is 2.54 bits per heavy atom. The third-order valence-electron chi connectivity index (χ3n) is 4.32. The highest BCUT2D eigenvalue weighted by Gasteiger charge is 2.31. The van der Waals surface area contributed by atoms with E-state index in [4.69, 9.17) is 0 Å². The van der Waals surface area contributed by atoms with Gasteiger partial charge in [0.25, 0.3) is 0 Å². The van der Waals surface area contributed by atoms with Crippen molar-refractivity contribution in [1.29, 1.82) is 0 Å². The van der Waals surface area contributed by atoms with Gasteiger partial charge in [-0.1, -0.05) is 12.1 Å². The van der Waals surface area contributed by atoms with Crippen LogP contribution in [0, 0.1) is 0 Å². The van der Waals surface area contributed by atoms with E-state index in [0.717, 1.165) is 41.3 Å². The number of hydrogen-bond acceptors (Lipinski definition) is 5. The van der Waals surface area contributed by atoms with Gasteiger partial charge in [-0.3, -0.25) is 9.69 Å². The van der Waals surface area contributed by atoms with Gasteiger partial charge in [0.1, 0.15) is 16.5 Å². The largest absolute Gasteiger partial charge is 0.371 e. The van der Waals surface area contributed by atoms with Crippen molar-refractivity contribution in [2.75, 3.05) is 46.1 Å². The van der Waals surface area contributed by atoms with Crippen molar-refractivity contribution in [3.63, 3.8) is 0 Å². The van der Waals surface area contributed by atoms with Crippen LogP contribution in [-0.2, 0) is 4.79 Å². The fraction of sp³-hybridized carbons (Fsp3) is 0.412. The Bertz CT molecular complexity index is 685. The number of nitrogens with zero attached hydrogens (tertiary/aromatic N) is 4. The number of aliphatic imine (C=N–C) groups is 1. The maximum Gasteiger partial charge on any atom is 0.244 e. The molecule has 0 aliphatic carbocycles. The number of carbonyl (C=O) groups excluding carboxylic acids is 1. The molecule has 1 atom stereocenters. The first-order valence-electron chi connectivity index (χ1n) is 7.91. The van der Waals surface area contributed by atoms with E-state index in [0.29, 0.717) is 0 Å². The smallest absolute Gasteiger partial charge is 0.244 e. The molecule has 128 valence electrons. The van der Waals surface area contributed by atoms with E-state index in [1.54, 1.807) is 4.90 Å². The van der Waals surface area contributed by atoms with Crippen LogP contribution in [0.5, 0.6) is 0 Å². The topological polar surface area (TPSA) is 51.2 Å². The van der Waals surface area contributed by atoms with Crippen molar-refractivity contribution in [2.45, 2.75) is 6.04 Å². The number of piperazine rings is 1. The number of amidine groups is 1. The molecule has 1 saturated heterocycles. The number of carbonyl (C=O) groups is 1. The van der Waals surface area contributed by atoms with Crippen LogP contribution in [-0.4, -0.2) is 67.2 Å². The van der Waals surface area contributed by atoms with Gasteiger partial charge >= 0.3 is 0 Å². The summed E-state index contributed by atoms with van der Waals surface area (Å²) in [7, 11) is 5.86. The molecule has 1 amide bonds. The molecule has 2 aliphatic heterocycles. The van der Waals surface area contributed by atoms with Crippen LogP contribution in [0.2, 0.25) is 0 Å². The number of benzene rings is 1. The first kappa shape index (κ1) is 17.0. The van der Waals surface area contributed by atoms with E-state index in [2.05, 4.69) is 36.0 Å². The van der Waals surface area contributed by atoms with Crippen LogP contribution in [0.4, 0.5) is 5.69 Å². The zero-order chi connectivity index (χ0) is 17.3. The zero-order valence-corrected chi connectivity index (χ0v) is 15.7. The highest BCUT2D eigenvalue weighted by atomic mass is 79.9. The molecule has 0 saturated carbocycles. The lowest BCUT2D eigenvalue weighted by Gasteiger charge is -2.37. The summed E-state index contributed by atoms with van der Waals surface area (Å²) < 4.78 is 0.799. The van der Waals surface area contributed by atoms with Gasteiger partial charge < -0.3 is 15.1 Å². The Labute approximate surface area is 150 Å². The first-order valence-corrected chi connectivity index (χ1v) is 8.70. The van der Waals surface area contributed by atoms with Crippen molar-refractivity contribution in [3.05, 3.63) is 40.6 Å². The van der Waals surface area contributed by atoms with Gasteiger partial charge in [-0.15, -0.1) is 0 Å². The predicted molar refractivity (Wildman–Crippen MR) is 100 cm³/mol. The Morgan fingerprint density at radius 2 is 1.88 bits per heavy atom. The van der Waals surface area contributed by atoms with E-state index >= 15 is 0 Å². The van der Waals surface area contributed by atoms with Gasteiger partial charge in [-0.2, -0.15) is 0 Å². The maximum atomic E-state index is 12.4. The number of halogens is 1. The first-order chi connectivity index (χ1) is 11.4. The Kier molecular flexibility index (Phi) is 4.91. The molecule has 3 rings (SSSR count). The summed E-state index contributed by atoms with van der Waals surface area (Å²) in [4.78, 5) is 22.8. The van der Waals surface area contributed by atoms with Crippen LogP contribution in [0.15, 0.2) is 40.1 Å². The monoisotopic (exact) mass is 391 g/mol. The molecule has 1 N–H and O–H groups in total. The molecule has 2 heterocycles. The SMILES string of the molecule is CN1C=C(Br)N=C(Nc2ccc(C3C(=O)N(C)CCN3C)cc2)C1. The summed E-state index contributed by atoms with van der Waals surface area (Å²) in [6, 6.07) is 7.82. The summed E-state index contributed by atoms with van der Waals surface area (Å²) in [6.07, 6.45) is 1.94. The minimum atomic E-state index is -0.201. The molecule has 1 unspecified atom stereocenters.